The number of amides is 1. The molecule has 2 aromatic carbocycles. The fourth-order valence-corrected chi connectivity index (χ4v) is 3.41. The van der Waals surface area contributed by atoms with Gasteiger partial charge in [-0.15, -0.1) is 24.0 Å². The average Bonchev–Trinajstić information content (AvgIpc) is 3.46. The molecule has 3 N–H and O–H groups in total. The standard InChI is InChI=1S/C21H25BrN4O.HI/c1-23-20(27)16-5-3-4-14(12-16)10-11-25-21(24-2)26-19-13-18(19)15-6-8-17(22)9-7-15;/h3-9,12,18-19H,10-11,13H2,1-2H3,(H,23,27)(H2,24,25,26);1H. The van der Waals surface area contributed by atoms with E-state index in [-0.39, 0.29) is 29.9 Å². The van der Waals surface area contributed by atoms with Gasteiger partial charge in [-0.05, 0) is 48.2 Å². The molecule has 3 rings (SSSR count). The summed E-state index contributed by atoms with van der Waals surface area (Å²) in [6.45, 7) is 0.756. The molecule has 7 heteroatoms. The van der Waals surface area contributed by atoms with E-state index in [2.05, 4.69) is 61.1 Å². The lowest BCUT2D eigenvalue weighted by Gasteiger charge is -2.12. The van der Waals surface area contributed by atoms with E-state index in [1.807, 2.05) is 24.3 Å². The van der Waals surface area contributed by atoms with E-state index < -0.39 is 0 Å². The Morgan fingerprint density at radius 2 is 1.96 bits per heavy atom. The normalized spacial score (nSPS) is 18.0. The molecule has 0 heterocycles. The number of halogens is 2. The summed E-state index contributed by atoms with van der Waals surface area (Å²) in [7, 11) is 3.43. The third-order valence-corrected chi connectivity index (χ3v) is 5.29. The minimum absolute atomic E-state index is 0. The van der Waals surface area contributed by atoms with E-state index >= 15 is 0 Å². The molecule has 0 radical (unpaired) electrons. The van der Waals surface area contributed by atoms with Crippen LogP contribution in [0.3, 0.4) is 0 Å². The maximum atomic E-state index is 11.7. The van der Waals surface area contributed by atoms with Crippen LogP contribution in [-0.2, 0) is 6.42 Å². The van der Waals surface area contributed by atoms with Crippen LogP contribution in [0.2, 0.25) is 0 Å². The van der Waals surface area contributed by atoms with Gasteiger partial charge in [0.05, 0.1) is 0 Å². The molecule has 1 saturated carbocycles. The lowest BCUT2D eigenvalue weighted by atomic mass is 10.1. The summed E-state index contributed by atoms with van der Waals surface area (Å²) < 4.78 is 1.11. The number of aliphatic imine (C=N–C) groups is 1. The molecule has 0 aromatic heterocycles. The third kappa shape index (κ3) is 6.20. The predicted molar refractivity (Wildman–Crippen MR) is 129 cm³/mol. The second kappa shape index (κ2) is 10.8. The van der Waals surface area contributed by atoms with Gasteiger partial charge in [-0.25, -0.2) is 0 Å². The van der Waals surface area contributed by atoms with Gasteiger partial charge in [0.25, 0.3) is 5.91 Å². The van der Waals surface area contributed by atoms with Crippen molar-refractivity contribution >= 4 is 51.8 Å². The first-order chi connectivity index (χ1) is 13.1. The van der Waals surface area contributed by atoms with Gasteiger partial charge in [-0.3, -0.25) is 9.79 Å². The Morgan fingerprint density at radius 1 is 1.21 bits per heavy atom. The molecule has 2 unspecified atom stereocenters. The number of carbonyl (C=O) groups excluding carboxylic acids is 1. The second-order valence-corrected chi connectivity index (χ2v) is 7.59. The first-order valence-corrected chi connectivity index (χ1v) is 9.93. The monoisotopic (exact) mass is 556 g/mol. The van der Waals surface area contributed by atoms with Gasteiger partial charge in [-0.2, -0.15) is 0 Å². The molecule has 0 bridgehead atoms. The van der Waals surface area contributed by atoms with Crippen LogP contribution in [0.15, 0.2) is 58.0 Å². The van der Waals surface area contributed by atoms with Crippen LogP contribution in [0.1, 0.15) is 33.8 Å². The zero-order chi connectivity index (χ0) is 19.2. The molecule has 2 atom stereocenters. The van der Waals surface area contributed by atoms with Crippen LogP contribution in [-0.4, -0.2) is 38.5 Å². The molecule has 1 amide bonds. The van der Waals surface area contributed by atoms with Gasteiger partial charge in [0, 0.05) is 42.6 Å². The lowest BCUT2D eigenvalue weighted by Crippen LogP contribution is -2.39. The fraction of sp³-hybridized carbons (Fsp3) is 0.333. The molecule has 0 aliphatic heterocycles. The van der Waals surface area contributed by atoms with Gasteiger partial charge < -0.3 is 16.0 Å². The molecular formula is C21H26BrIN4O. The van der Waals surface area contributed by atoms with E-state index in [1.165, 1.54) is 5.56 Å². The largest absolute Gasteiger partial charge is 0.356 e. The number of hydrogen-bond acceptors (Lipinski definition) is 2. The molecule has 1 fully saturated rings. The fourth-order valence-electron chi connectivity index (χ4n) is 3.14. The molecule has 0 saturated heterocycles. The first kappa shape index (κ1) is 22.7. The van der Waals surface area contributed by atoms with Crippen molar-refractivity contribution in [2.24, 2.45) is 4.99 Å². The van der Waals surface area contributed by atoms with Crippen molar-refractivity contribution in [2.45, 2.75) is 24.8 Å². The van der Waals surface area contributed by atoms with Crippen molar-refractivity contribution in [1.29, 1.82) is 0 Å². The van der Waals surface area contributed by atoms with Crippen molar-refractivity contribution < 1.29 is 4.79 Å². The Labute approximate surface area is 191 Å². The summed E-state index contributed by atoms with van der Waals surface area (Å²) >= 11 is 3.48. The van der Waals surface area contributed by atoms with Gasteiger partial charge >= 0.3 is 0 Å². The summed E-state index contributed by atoms with van der Waals surface area (Å²) in [6, 6.07) is 16.7. The SMILES string of the molecule is CN=C(NCCc1cccc(C(=O)NC)c1)NC1CC1c1ccc(Br)cc1.I. The zero-order valence-electron chi connectivity index (χ0n) is 16.0. The Kier molecular flexibility index (Phi) is 8.75. The molecule has 5 nitrogen and oxygen atoms in total. The van der Waals surface area contributed by atoms with Gasteiger partial charge in [0.1, 0.15) is 0 Å². The molecular weight excluding hydrogens is 531 g/mol. The molecule has 150 valence electrons. The minimum atomic E-state index is -0.0602. The van der Waals surface area contributed by atoms with Crippen LogP contribution in [0, 0.1) is 0 Å². The van der Waals surface area contributed by atoms with Crippen LogP contribution >= 0.6 is 39.9 Å². The van der Waals surface area contributed by atoms with Crippen LogP contribution in [0.25, 0.3) is 0 Å². The van der Waals surface area contributed by atoms with Crippen LogP contribution < -0.4 is 16.0 Å². The maximum Gasteiger partial charge on any atom is 0.251 e. The highest BCUT2D eigenvalue weighted by molar-refractivity contribution is 14.0. The Balaban J connectivity index is 0.00000280. The summed E-state index contributed by atoms with van der Waals surface area (Å²) in [5, 5.41) is 9.51. The number of guanidine groups is 1. The van der Waals surface area contributed by atoms with E-state index in [1.54, 1.807) is 14.1 Å². The molecule has 1 aliphatic rings. The number of nitrogens with zero attached hydrogens (tertiary/aromatic N) is 1. The summed E-state index contributed by atoms with van der Waals surface area (Å²) in [5.74, 6) is 1.30. The molecule has 1 aliphatic carbocycles. The molecule has 28 heavy (non-hydrogen) atoms. The maximum absolute atomic E-state index is 11.7. The van der Waals surface area contributed by atoms with Crippen molar-refractivity contribution in [3.63, 3.8) is 0 Å². The predicted octanol–water partition coefficient (Wildman–Crippen LogP) is 3.69. The van der Waals surface area contributed by atoms with Crippen LogP contribution in [0.4, 0.5) is 0 Å². The second-order valence-electron chi connectivity index (χ2n) is 6.67. The Hall–Kier alpha value is -1.61. The zero-order valence-corrected chi connectivity index (χ0v) is 20.0. The lowest BCUT2D eigenvalue weighted by molar-refractivity contribution is 0.0963. The van der Waals surface area contributed by atoms with Crippen molar-refractivity contribution in [3.8, 4) is 0 Å². The number of carbonyl (C=O) groups is 1. The number of nitrogens with one attached hydrogen (secondary N) is 3. The highest BCUT2D eigenvalue weighted by atomic mass is 127. The van der Waals surface area contributed by atoms with Crippen LogP contribution in [0.5, 0.6) is 0 Å². The minimum Gasteiger partial charge on any atom is -0.356 e. The average molecular weight is 557 g/mol. The first-order valence-electron chi connectivity index (χ1n) is 9.14. The molecule has 0 spiro atoms. The number of benzene rings is 2. The van der Waals surface area contributed by atoms with Gasteiger partial charge in [0.2, 0.25) is 0 Å². The van der Waals surface area contributed by atoms with E-state index in [0.29, 0.717) is 17.5 Å². The van der Waals surface area contributed by atoms with E-state index in [4.69, 9.17) is 0 Å². The highest BCUT2D eigenvalue weighted by Crippen LogP contribution is 2.40. The van der Waals surface area contributed by atoms with Crippen molar-refractivity contribution in [1.82, 2.24) is 16.0 Å². The van der Waals surface area contributed by atoms with E-state index in [9.17, 15) is 4.79 Å². The smallest absolute Gasteiger partial charge is 0.251 e. The highest BCUT2D eigenvalue weighted by Gasteiger charge is 2.38. The van der Waals surface area contributed by atoms with Gasteiger partial charge in [-0.1, -0.05) is 40.2 Å². The summed E-state index contributed by atoms with van der Waals surface area (Å²) in [6.07, 6.45) is 1.95. The summed E-state index contributed by atoms with van der Waals surface area (Å²) in [4.78, 5) is 16.1. The Morgan fingerprint density at radius 3 is 2.64 bits per heavy atom. The van der Waals surface area contributed by atoms with Crippen molar-refractivity contribution in [3.05, 3.63) is 69.7 Å². The van der Waals surface area contributed by atoms with E-state index in [0.717, 1.165) is 35.4 Å². The third-order valence-electron chi connectivity index (χ3n) is 4.76. The van der Waals surface area contributed by atoms with Crippen molar-refractivity contribution in [2.75, 3.05) is 20.6 Å². The quantitative estimate of drug-likeness (QED) is 0.289. The number of hydrogen-bond donors (Lipinski definition) is 3. The molecule has 2 aromatic rings. The van der Waals surface area contributed by atoms with Gasteiger partial charge in [0.15, 0.2) is 5.96 Å². The summed E-state index contributed by atoms with van der Waals surface area (Å²) in [5.41, 5.74) is 3.17. The topological polar surface area (TPSA) is 65.5 Å². The Bertz CT molecular complexity index is 825. The number of rotatable bonds is 6.